The van der Waals surface area contributed by atoms with Gasteiger partial charge in [0.25, 0.3) is 5.91 Å². The molecule has 1 N–H and O–H groups in total. The van der Waals surface area contributed by atoms with E-state index in [-0.39, 0.29) is 5.91 Å². The lowest BCUT2D eigenvalue weighted by molar-refractivity contribution is 0.0992. The van der Waals surface area contributed by atoms with E-state index >= 15 is 0 Å². The molecule has 0 fully saturated rings. The standard InChI is InChI=1S/C17H17N3O/c1-12-9-14(19-2)7-8-16(12)17(21)20(3)15-6-4-5-13(10-15)11-18/h4-10,19H,1-3H3. The molecule has 0 aliphatic heterocycles. The van der Waals surface area contributed by atoms with E-state index in [9.17, 15) is 4.79 Å². The summed E-state index contributed by atoms with van der Waals surface area (Å²) < 4.78 is 0. The maximum absolute atomic E-state index is 12.6. The van der Waals surface area contributed by atoms with E-state index in [1.54, 1.807) is 30.1 Å². The number of nitrogens with zero attached hydrogens (tertiary/aromatic N) is 2. The van der Waals surface area contributed by atoms with Crippen molar-refractivity contribution in [3.8, 4) is 6.07 Å². The summed E-state index contributed by atoms with van der Waals surface area (Å²) in [5, 5.41) is 12.0. The van der Waals surface area contributed by atoms with Crippen LogP contribution in [0.15, 0.2) is 42.5 Å². The number of amides is 1. The molecule has 4 heteroatoms. The minimum atomic E-state index is -0.0924. The molecule has 0 bridgehead atoms. The molecular weight excluding hydrogens is 262 g/mol. The van der Waals surface area contributed by atoms with Crippen molar-refractivity contribution in [3.63, 3.8) is 0 Å². The number of aryl methyl sites for hydroxylation is 1. The van der Waals surface area contributed by atoms with Crippen LogP contribution >= 0.6 is 0 Å². The lowest BCUT2D eigenvalue weighted by atomic mass is 10.1. The molecule has 4 nitrogen and oxygen atoms in total. The molecular formula is C17H17N3O. The monoisotopic (exact) mass is 279 g/mol. The Bertz CT molecular complexity index is 716. The Balaban J connectivity index is 2.33. The van der Waals surface area contributed by atoms with Crippen molar-refractivity contribution in [2.45, 2.75) is 6.92 Å². The number of hydrogen-bond acceptors (Lipinski definition) is 3. The molecule has 0 heterocycles. The van der Waals surface area contributed by atoms with E-state index in [4.69, 9.17) is 5.26 Å². The largest absolute Gasteiger partial charge is 0.388 e. The van der Waals surface area contributed by atoms with E-state index in [2.05, 4.69) is 11.4 Å². The van der Waals surface area contributed by atoms with Gasteiger partial charge in [0.05, 0.1) is 11.6 Å². The predicted octanol–water partition coefficient (Wildman–Crippen LogP) is 3.19. The first kappa shape index (κ1) is 14.6. The van der Waals surface area contributed by atoms with Gasteiger partial charge in [-0.1, -0.05) is 6.07 Å². The van der Waals surface area contributed by atoms with E-state index in [1.807, 2.05) is 38.2 Å². The highest BCUT2D eigenvalue weighted by molar-refractivity contribution is 6.06. The molecule has 2 rings (SSSR count). The van der Waals surface area contributed by atoms with Crippen molar-refractivity contribution < 1.29 is 4.79 Å². The molecule has 2 aromatic carbocycles. The Kier molecular flexibility index (Phi) is 4.24. The molecule has 0 aromatic heterocycles. The third kappa shape index (κ3) is 3.03. The van der Waals surface area contributed by atoms with Gasteiger partial charge in [0.1, 0.15) is 0 Å². The van der Waals surface area contributed by atoms with Crippen LogP contribution in [0.25, 0.3) is 0 Å². The average Bonchev–Trinajstić information content (AvgIpc) is 2.53. The van der Waals surface area contributed by atoms with E-state index in [1.165, 1.54) is 0 Å². The number of carbonyl (C=O) groups is 1. The summed E-state index contributed by atoms with van der Waals surface area (Å²) in [6.07, 6.45) is 0. The van der Waals surface area contributed by atoms with Gasteiger partial charge < -0.3 is 10.2 Å². The summed E-state index contributed by atoms with van der Waals surface area (Å²) in [6.45, 7) is 1.91. The van der Waals surface area contributed by atoms with Crippen molar-refractivity contribution in [1.82, 2.24) is 0 Å². The molecule has 0 aliphatic rings. The maximum atomic E-state index is 12.6. The average molecular weight is 279 g/mol. The molecule has 0 saturated carbocycles. The molecule has 2 aromatic rings. The van der Waals surface area contributed by atoms with Crippen LogP contribution < -0.4 is 10.2 Å². The number of hydrogen-bond donors (Lipinski definition) is 1. The number of benzene rings is 2. The summed E-state index contributed by atoms with van der Waals surface area (Å²) in [7, 11) is 3.56. The Morgan fingerprint density at radius 1 is 1.24 bits per heavy atom. The second-order valence-corrected chi connectivity index (χ2v) is 4.81. The number of anilines is 2. The fourth-order valence-electron chi connectivity index (χ4n) is 2.14. The highest BCUT2D eigenvalue weighted by Gasteiger charge is 2.16. The van der Waals surface area contributed by atoms with Crippen LogP contribution in [-0.2, 0) is 0 Å². The first-order valence-corrected chi connectivity index (χ1v) is 6.63. The van der Waals surface area contributed by atoms with Crippen LogP contribution in [0.1, 0.15) is 21.5 Å². The molecule has 106 valence electrons. The van der Waals surface area contributed by atoms with Crippen molar-refractivity contribution in [1.29, 1.82) is 5.26 Å². The van der Waals surface area contributed by atoms with Gasteiger partial charge >= 0.3 is 0 Å². The van der Waals surface area contributed by atoms with Crippen molar-refractivity contribution >= 4 is 17.3 Å². The maximum Gasteiger partial charge on any atom is 0.258 e. The van der Waals surface area contributed by atoms with Crippen LogP contribution in [0.5, 0.6) is 0 Å². The molecule has 0 radical (unpaired) electrons. The van der Waals surface area contributed by atoms with Crippen LogP contribution in [0, 0.1) is 18.3 Å². The van der Waals surface area contributed by atoms with E-state index in [0.29, 0.717) is 16.8 Å². The summed E-state index contributed by atoms with van der Waals surface area (Å²) in [4.78, 5) is 14.1. The van der Waals surface area contributed by atoms with Gasteiger partial charge in [0, 0.05) is 31.0 Å². The lowest BCUT2D eigenvalue weighted by Gasteiger charge is -2.19. The van der Waals surface area contributed by atoms with Gasteiger partial charge in [0.15, 0.2) is 0 Å². The zero-order chi connectivity index (χ0) is 15.4. The van der Waals surface area contributed by atoms with Crippen molar-refractivity contribution in [2.24, 2.45) is 0 Å². The Hall–Kier alpha value is -2.80. The molecule has 0 unspecified atom stereocenters. The van der Waals surface area contributed by atoms with Crippen LogP contribution in [0.3, 0.4) is 0 Å². The smallest absolute Gasteiger partial charge is 0.258 e. The van der Waals surface area contributed by atoms with Crippen molar-refractivity contribution in [2.75, 3.05) is 24.3 Å². The molecule has 1 amide bonds. The number of nitriles is 1. The van der Waals surface area contributed by atoms with Gasteiger partial charge in [-0.15, -0.1) is 0 Å². The summed E-state index contributed by atoms with van der Waals surface area (Å²) in [6, 6.07) is 14.7. The first-order valence-electron chi connectivity index (χ1n) is 6.63. The van der Waals surface area contributed by atoms with Crippen molar-refractivity contribution in [3.05, 3.63) is 59.2 Å². The van der Waals surface area contributed by atoms with Gasteiger partial charge in [-0.25, -0.2) is 0 Å². The zero-order valence-corrected chi connectivity index (χ0v) is 12.3. The third-order valence-corrected chi connectivity index (χ3v) is 3.41. The lowest BCUT2D eigenvalue weighted by Crippen LogP contribution is -2.27. The molecule has 21 heavy (non-hydrogen) atoms. The minimum absolute atomic E-state index is 0.0924. The van der Waals surface area contributed by atoms with Crippen LogP contribution in [0.4, 0.5) is 11.4 Å². The van der Waals surface area contributed by atoms with Gasteiger partial charge in [0.2, 0.25) is 0 Å². The van der Waals surface area contributed by atoms with Crippen LogP contribution in [0.2, 0.25) is 0 Å². The minimum Gasteiger partial charge on any atom is -0.388 e. The van der Waals surface area contributed by atoms with E-state index < -0.39 is 0 Å². The number of nitrogens with one attached hydrogen (secondary N) is 1. The molecule has 0 saturated heterocycles. The summed E-state index contributed by atoms with van der Waals surface area (Å²) in [5.41, 5.74) is 3.78. The second kappa shape index (κ2) is 6.10. The second-order valence-electron chi connectivity index (χ2n) is 4.81. The first-order chi connectivity index (χ1) is 10.1. The normalized spacial score (nSPS) is 9.81. The third-order valence-electron chi connectivity index (χ3n) is 3.41. The fraction of sp³-hybridized carbons (Fsp3) is 0.176. The summed E-state index contributed by atoms with van der Waals surface area (Å²) in [5.74, 6) is -0.0924. The quantitative estimate of drug-likeness (QED) is 0.938. The fourth-order valence-corrected chi connectivity index (χ4v) is 2.14. The number of carbonyl (C=O) groups excluding carboxylic acids is 1. The molecule has 0 aliphatic carbocycles. The summed E-state index contributed by atoms with van der Waals surface area (Å²) >= 11 is 0. The topological polar surface area (TPSA) is 56.1 Å². The van der Waals surface area contributed by atoms with E-state index in [0.717, 1.165) is 11.3 Å². The Morgan fingerprint density at radius 2 is 2.00 bits per heavy atom. The SMILES string of the molecule is CNc1ccc(C(=O)N(C)c2cccc(C#N)c2)c(C)c1. The highest BCUT2D eigenvalue weighted by Crippen LogP contribution is 2.20. The predicted molar refractivity (Wildman–Crippen MR) is 84.6 cm³/mol. The Labute approximate surface area is 124 Å². The molecule has 0 spiro atoms. The zero-order valence-electron chi connectivity index (χ0n) is 12.3. The number of rotatable bonds is 3. The Morgan fingerprint density at radius 3 is 2.62 bits per heavy atom. The van der Waals surface area contributed by atoms with Gasteiger partial charge in [-0.3, -0.25) is 4.79 Å². The van der Waals surface area contributed by atoms with Gasteiger partial charge in [-0.2, -0.15) is 5.26 Å². The van der Waals surface area contributed by atoms with Crippen LogP contribution in [-0.4, -0.2) is 20.0 Å². The molecule has 0 atom stereocenters. The van der Waals surface area contributed by atoms with Gasteiger partial charge in [-0.05, 0) is 48.9 Å². The highest BCUT2D eigenvalue weighted by atomic mass is 16.2.